The molecule has 2 unspecified atom stereocenters. The number of aromatic nitrogens is 2. The highest BCUT2D eigenvalue weighted by Gasteiger charge is 2.16. The van der Waals surface area contributed by atoms with Gasteiger partial charge in [0.2, 0.25) is 0 Å². The van der Waals surface area contributed by atoms with Crippen molar-refractivity contribution in [3.8, 4) is 0 Å². The van der Waals surface area contributed by atoms with Crippen LogP contribution in [0.15, 0.2) is 6.07 Å². The van der Waals surface area contributed by atoms with Crippen molar-refractivity contribution in [1.29, 1.82) is 0 Å². The maximum Gasteiger partial charge on any atom is 0.314 e. The molecule has 1 aromatic rings. The van der Waals surface area contributed by atoms with E-state index in [9.17, 15) is 4.79 Å². The third-order valence-electron chi connectivity index (χ3n) is 3.71. The smallest absolute Gasteiger partial charge is 0.314 e. The second-order valence-corrected chi connectivity index (χ2v) is 5.94. The maximum absolute atomic E-state index is 11.7. The first-order chi connectivity index (χ1) is 10.0. The molecule has 1 aromatic heterocycles. The molecule has 2 atom stereocenters. The van der Waals surface area contributed by atoms with Crippen molar-refractivity contribution in [3.05, 3.63) is 17.5 Å². The Hall–Kier alpha value is -1.56. The van der Waals surface area contributed by atoms with Crippen LogP contribution in [0, 0.1) is 19.8 Å². The number of amides is 2. The number of hydrogen-bond donors (Lipinski definition) is 2. The van der Waals surface area contributed by atoms with Crippen LogP contribution in [-0.4, -0.2) is 41.6 Å². The Kier molecular flexibility index (Phi) is 5.61. The molecule has 0 bridgehead atoms. The summed E-state index contributed by atoms with van der Waals surface area (Å²) >= 11 is 0. The summed E-state index contributed by atoms with van der Waals surface area (Å²) in [5, 5.41) is 10.2. The summed E-state index contributed by atoms with van der Waals surface area (Å²) in [6, 6.07) is 1.94. The van der Waals surface area contributed by atoms with Gasteiger partial charge in [0.05, 0.1) is 11.8 Å². The molecule has 0 aromatic carbocycles. The van der Waals surface area contributed by atoms with E-state index < -0.39 is 0 Å². The monoisotopic (exact) mass is 294 g/mol. The Labute approximate surface area is 126 Å². The van der Waals surface area contributed by atoms with Crippen molar-refractivity contribution in [1.82, 2.24) is 20.4 Å². The SMILES string of the molecule is Cc1cc(C)n(CC(C)CNC(=O)NCC2CCCO2)n1. The fourth-order valence-corrected chi connectivity index (χ4v) is 2.56. The van der Waals surface area contributed by atoms with E-state index in [1.165, 1.54) is 0 Å². The van der Waals surface area contributed by atoms with Crippen molar-refractivity contribution in [2.75, 3.05) is 19.7 Å². The summed E-state index contributed by atoms with van der Waals surface area (Å²) in [4.78, 5) is 11.7. The highest BCUT2D eigenvalue weighted by atomic mass is 16.5. The van der Waals surface area contributed by atoms with E-state index in [2.05, 4.69) is 35.6 Å². The van der Waals surface area contributed by atoms with Gasteiger partial charge >= 0.3 is 6.03 Å². The lowest BCUT2D eigenvalue weighted by molar-refractivity contribution is 0.111. The van der Waals surface area contributed by atoms with Crippen LogP contribution in [-0.2, 0) is 11.3 Å². The third-order valence-corrected chi connectivity index (χ3v) is 3.71. The van der Waals surface area contributed by atoms with E-state index in [-0.39, 0.29) is 12.1 Å². The molecule has 1 fully saturated rings. The zero-order valence-electron chi connectivity index (χ0n) is 13.2. The van der Waals surface area contributed by atoms with Crippen LogP contribution >= 0.6 is 0 Å². The Morgan fingerprint density at radius 2 is 2.33 bits per heavy atom. The van der Waals surface area contributed by atoms with Crippen LogP contribution in [0.4, 0.5) is 4.79 Å². The number of hydrogen-bond acceptors (Lipinski definition) is 3. The largest absolute Gasteiger partial charge is 0.376 e. The van der Waals surface area contributed by atoms with Gasteiger partial charge in [-0.15, -0.1) is 0 Å². The third kappa shape index (κ3) is 5.04. The van der Waals surface area contributed by atoms with Gasteiger partial charge in [-0.25, -0.2) is 4.79 Å². The van der Waals surface area contributed by atoms with Crippen molar-refractivity contribution < 1.29 is 9.53 Å². The van der Waals surface area contributed by atoms with Gasteiger partial charge in [0, 0.05) is 31.9 Å². The van der Waals surface area contributed by atoms with Crippen LogP contribution < -0.4 is 10.6 Å². The molecule has 2 N–H and O–H groups in total. The normalized spacial score (nSPS) is 19.5. The Morgan fingerprint density at radius 1 is 1.52 bits per heavy atom. The lowest BCUT2D eigenvalue weighted by Gasteiger charge is -2.15. The molecule has 0 spiro atoms. The molecular weight excluding hydrogens is 268 g/mol. The summed E-state index contributed by atoms with van der Waals surface area (Å²) < 4.78 is 7.46. The van der Waals surface area contributed by atoms with Gasteiger partial charge in [-0.3, -0.25) is 4.68 Å². The minimum Gasteiger partial charge on any atom is -0.376 e. The van der Waals surface area contributed by atoms with Gasteiger partial charge in [-0.1, -0.05) is 6.92 Å². The number of aryl methyl sites for hydroxylation is 2. The standard InChI is InChI=1S/C15H26N4O2/c1-11(10-19-13(3)7-12(2)18-19)8-16-15(20)17-9-14-5-4-6-21-14/h7,11,14H,4-6,8-10H2,1-3H3,(H2,16,17,20). The lowest BCUT2D eigenvalue weighted by atomic mass is 10.2. The number of rotatable bonds is 6. The van der Waals surface area contributed by atoms with Gasteiger partial charge in [0.25, 0.3) is 0 Å². The fraction of sp³-hybridized carbons (Fsp3) is 0.733. The predicted molar refractivity (Wildman–Crippen MR) is 81.2 cm³/mol. The summed E-state index contributed by atoms with van der Waals surface area (Å²) in [5.41, 5.74) is 2.18. The fourth-order valence-electron chi connectivity index (χ4n) is 2.56. The average Bonchev–Trinajstić information content (AvgIpc) is 3.04. The second-order valence-electron chi connectivity index (χ2n) is 5.94. The number of carbonyl (C=O) groups excluding carboxylic acids is 1. The maximum atomic E-state index is 11.7. The van der Waals surface area contributed by atoms with Gasteiger partial charge in [-0.05, 0) is 38.7 Å². The molecule has 2 heterocycles. The minimum atomic E-state index is -0.120. The molecule has 6 heteroatoms. The summed E-state index contributed by atoms with van der Waals surface area (Å²) in [6.07, 6.45) is 2.31. The second kappa shape index (κ2) is 7.45. The highest BCUT2D eigenvalue weighted by molar-refractivity contribution is 5.73. The molecule has 0 aliphatic carbocycles. The molecule has 118 valence electrons. The lowest BCUT2D eigenvalue weighted by Crippen LogP contribution is -2.41. The molecule has 0 radical (unpaired) electrons. The Balaban J connectivity index is 1.64. The molecule has 0 saturated carbocycles. The molecule has 6 nitrogen and oxygen atoms in total. The van der Waals surface area contributed by atoms with Crippen molar-refractivity contribution in [3.63, 3.8) is 0 Å². The molecule has 1 aliphatic heterocycles. The number of nitrogens with one attached hydrogen (secondary N) is 2. The quantitative estimate of drug-likeness (QED) is 0.837. The first-order valence-corrected chi connectivity index (χ1v) is 7.69. The zero-order valence-corrected chi connectivity index (χ0v) is 13.2. The number of urea groups is 1. The van der Waals surface area contributed by atoms with Gasteiger partial charge in [0.1, 0.15) is 0 Å². The van der Waals surface area contributed by atoms with Crippen LogP contribution in [0.2, 0.25) is 0 Å². The van der Waals surface area contributed by atoms with E-state index >= 15 is 0 Å². The molecule has 2 rings (SSSR count). The zero-order chi connectivity index (χ0) is 15.2. The average molecular weight is 294 g/mol. The van der Waals surface area contributed by atoms with E-state index in [4.69, 9.17) is 4.74 Å². The van der Waals surface area contributed by atoms with Crippen molar-refractivity contribution in [2.45, 2.75) is 46.3 Å². The topological polar surface area (TPSA) is 68.2 Å². The first kappa shape index (κ1) is 15.8. The summed E-state index contributed by atoms with van der Waals surface area (Å²) in [6.45, 7) is 9.00. The Morgan fingerprint density at radius 3 is 2.95 bits per heavy atom. The van der Waals surface area contributed by atoms with Gasteiger partial charge in [-0.2, -0.15) is 5.10 Å². The van der Waals surface area contributed by atoms with Crippen LogP contribution in [0.25, 0.3) is 0 Å². The Bertz CT molecular complexity index is 466. The van der Waals surface area contributed by atoms with E-state index in [1.54, 1.807) is 0 Å². The van der Waals surface area contributed by atoms with Crippen LogP contribution in [0.1, 0.15) is 31.2 Å². The number of nitrogens with zero attached hydrogens (tertiary/aromatic N) is 2. The van der Waals surface area contributed by atoms with Gasteiger partial charge < -0.3 is 15.4 Å². The highest BCUT2D eigenvalue weighted by Crippen LogP contribution is 2.10. The molecular formula is C15H26N4O2. The number of ether oxygens (including phenoxy) is 1. The van der Waals surface area contributed by atoms with E-state index in [1.807, 2.05) is 11.6 Å². The minimum absolute atomic E-state index is 0.120. The predicted octanol–water partition coefficient (Wildman–Crippen LogP) is 1.61. The van der Waals surface area contributed by atoms with E-state index in [0.29, 0.717) is 19.0 Å². The molecule has 1 saturated heterocycles. The molecule has 2 amide bonds. The van der Waals surface area contributed by atoms with E-state index in [0.717, 1.165) is 37.4 Å². The molecule has 21 heavy (non-hydrogen) atoms. The number of carbonyl (C=O) groups is 1. The summed E-state index contributed by atoms with van der Waals surface area (Å²) in [5.74, 6) is 0.330. The molecule has 1 aliphatic rings. The van der Waals surface area contributed by atoms with Crippen LogP contribution in [0.5, 0.6) is 0 Å². The van der Waals surface area contributed by atoms with Gasteiger partial charge in [0.15, 0.2) is 0 Å². The van der Waals surface area contributed by atoms with Crippen LogP contribution in [0.3, 0.4) is 0 Å². The van der Waals surface area contributed by atoms with Crippen molar-refractivity contribution >= 4 is 6.03 Å². The van der Waals surface area contributed by atoms with Crippen molar-refractivity contribution in [2.24, 2.45) is 5.92 Å². The first-order valence-electron chi connectivity index (χ1n) is 7.69. The summed E-state index contributed by atoms with van der Waals surface area (Å²) in [7, 11) is 0.